The van der Waals surface area contributed by atoms with E-state index in [4.69, 9.17) is 23.8 Å². The average Bonchev–Trinajstić information content (AvgIpc) is 3.95. The quantitative estimate of drug-likeness (QED) is 0.176. The molecule has 6 heteroatoms. The molecule has 8 aromatic carbocycles. The molecule has 57 heavy (non-hydrogen) atoms. The van der Waals surface area contributed by atoms with Crippen molar-refractivity contribution in [2.24, 2.45) is 0 Å². The Kier molecular flexibility index (Phi) is 6.83. The largest absolute Gasteiger partial charge is 0.456 e. The topological polar surface area (TPSA) is 69.9 Å². The number of rotatable bonds is 5. The molecule has 12 rings (SSSR count). The second-order valence-electron chi connectivity index (χ2n) is 14.4. The molecule has 0 amide bonds. The summed E-state index contributed by atoms with van der Waals surface area (Å²) in [7, 11) is 0. The Morgan fingerprint density at radius 3 is 1.67 bits per heavy atom. The predicted molar refractivity (Wildman–Crippen MR) is 230 cm³/mol. The third-order valence-corrected chi connectivity index (χ3v) is 11.1. The fourth-order valence-corrected chi connectivity index (χ4v) is 8.41. The van der Waals surface area contributed by atoms with Gasteiger partial charge in [0.25, 0.3) is 0 Å². The lowest BCUT2D eigenvalue weighted by atomic mass is 9.98. The molecule has 12 aromatic rings. The Labute approximate surface area is 325 Å². The van der Waals surface area contributed by atoms with Crippen molar-refractivity contribution in [2.45, 2.75) is 0 Å². The van der Waals surface area contributed by atoms with Crippen LogP contribution in [-0.2, 0) is 0 Å². The van der Waals surface area contributed by atoms with E-state index in [9.17, 15) is 0 Å². The van der Waals surface area contributed by atoms with Gasteiger partial charge in [-0.15, -0.1) is 0 Å². The maximum absolute atomic E-state index is 6.62. The van der Waals surface area contributed by atoms with Crippen LogP contribution in [0, 0.1) is 0 Å². The van der Waals surface area contributed by atoms with Crippen molar-refractivity contribution in [1.29, 1.82) is 0 Å². The summed E-state index contributed by atoms with van der Waals surface area (Å²) < 4.78 is 15.2. The Morgan fingerprint density at radius 1 is 0.333 bits per heavy atom. The number of aromatic nitrogens is 4. The minimum atomic E-state index is 0.560. The van der Waals surface area contributed by atoms with Crippen molar-refractivity contribution < 1.29 is 8.83 Å². The number of furan rings is 2. The Hall–Kier alpha value is -7.83. The van der Waals surface area contributed by atoms with Crippen LogP contribution in [-0.4, -0.2) is 19.5 Å². The molecule has 0 spiro atoms. The molecule has 0 aliphatic carbocycles. The van der Waals surface area contributed by atoms with E-state index in [0.29, 0.717) is 17.5 Å². The fraction of sp³-hybridized carbons (Fsp3) is 0. The summed E-state index contributed by atoms with van der Waals surface area (Å²) in [6.07, 6.45) is 0. The second-order valence-corrected chi connectivity index (χ2v) is 14.4. The number of para-hydroxylation sites is 3. The summed E-state index contributed by atoms with van der Waals surface area (Å²) in [4.78, 5) is 15.0. The standard InChI is InChI=1S/C51H30N4O2/c1-3-12-31(13-4-1)49-52-50(33-23-26-40-39-17-8-10-20-44(39)56-46(40)29-33)54-51(53-49)34-24-27-41-47(30-34)57-45-21-11-18-36(48(41)45)32-22-25-38-37-16-7-9-19-42(37)55(43(38)28-32)35-14-5-2-6-15-35/h1-30H. The summed E-state index contributed by atoms with van der Waals surface area (Å²) in [6, 6.07) is 62.8. The molecule has 266 valence electrons. The lowest BCUT2D eigenvalue weighted by Gasteiger charge is -2.09. The molecule has 0 saturated heterocycles. The SMILES string of the molecule is c1ccc(-c2nc(-c3ccc4c(c3)oc3ccccc34)nc(-c3ccc4c(c3)oc3cccc(-c5ccc6c7ccccc7n(-c7ccccc7)c6c5)c34)n2)cc1. The summed E-state index contributed by atoms with van der Waals surface area (Å²) in [6.45, 7) is 0. The lowest BCUT2D eigenvalue weighted by Crippen LogP contribution is -2.00. The smallest absolute Gasteiger partial charge is 0.164 e. The third-order valence-electron chi connectivity index (χ3n) is 11.1. The van der Waals surface area contributed by atoms with Gasteiger partial charge in [0.2, 0.25) is 0 Å². The first-order valence-corrected chi connectivity index (χ1v) is 19.0. The normalized spacial score (nSPS) is 11.9. The minimum absolute atomic E-state index is 0.560. The molecule has 4 aromatic heterocycles. The van der Waals surface area contributed by atoms with Gasteiger partial charge in [-0.05, 0) is 71.8 Å². The highest BCUT2D eigenvalue weighted by Crippen LogP contribution is 2.41. The molecule has 0 radical (unpaired) electrons. The number of benzene rings is 8. The molecule has 0 atom stereocenters. The van der Waals surface area contributed by atoms with Crippen molar-refractivity contribution in [2.75, 3.05) is 0 Å². The van der Waals surface area contributed by atoms with Gasteiger partial charge < -0.3 is 13.4 Å². The monoisotopic (exact) mass is 730 g/mol. The van der Waals surface area contributed by atoms with Gasteiger partial charge in [-0.3, -0.25) is 0 Å². The number of hydrogen-bond acceptors (Lipinski definition) is 5. The van der Waals surface area contributed by atoms with Crippen LogP contribution in [0.4, 0.5) is 0 Å². The van der Waals surface area contributed by atoms with Crippen LogP contribution in [0.1, 0.15) is 0 Å². The van der Waals surface area contributed by atoms with Crippen LogP contribution in [0.5, 0.6) is 0 Å². The first-order valence-electron chi connectivity index (χ1n) is 19.0. The van der Waals surface area contributed by atoms with Crippen LogP contribution in [0.2, 0.25) is 0 Å². The molecule has 0 aliphatic heterocycles. The van der Waals surface area contributed by atoms with E-state index in [1.807, 2.05) is 66.7 Å². The molecular formula is C51H30N4O2. The Morgan fingerprint density at radius 2 is 0.877 bits per heavy atom. The highest BCUT2D eigenvalue weighted by atomic mass is 16.3. The summed E-state index contributed by atoms with van der Waals surface area (Å²) in [5.41, 5.74) is 11.5. The second kappa shape index (κ2) is 12.3. The maximum atomic E-state index is 6.62. The van der Waals surface area contributed by atoms with E-state index in [1.54, 1.807) is 0 Å². The zero-order valence-corrected chi connectivity index (χ0v) is 30.4. The van der Waals surface area contributed by atoms with Crippen molar-refractivity contribution in [3.8, 4) is 51.0 Å². The third kappa shape index (κ3) is 5.01. The molecule has 0 aliphatic rings. The van der Waals surface area contributed by atoms with Gasteiger partial charge in [0.05, 0.1) is 11.0 Å². The molecule has 6 nitrogen and oxygen atoms in total. The van der Waals surface area contributed by atoms with Crippen molar-refractivity contribution in [3.05, 3.63) is 182 Å². The molecule has 0 fully saturated rings. The van der Waals surface area contributed by atoms with Crippen LogP contribution in [0.3, 0.4) is 0 Å². The van der Waals surface area contributed by atoms with E-state index < -0.39 is 0 Å². The summed E-state index contributed by atoms with van der Waals surface area (Å²) >= 11 is 0. The highest BCUT2D eigenvalue weighted by molar-refractivity contribution is 6.15. The number of fused-ring (bicyclic) bond motifs is 9. The molecule has 0 bridgehead atoms. The minimum Gasteiger partial charge on any atom is -0.456 e. The van der Waals surface area contributed by atoms with Crippen molar-refractivity contribution >= 4 is 65.7 Å². The zero-order valence-electron chi connectivity index (χ0n) is 30.4. The van der Waals surface area contributed by atoms with Gasteiger partial charge in [0, 0.05) is 54.7 Å². The Bertz CT molecular complexity index is 3530. The van der Waals surface area contributed by atoms with E-state index in [-0.39, 0.29) is 0 Å². The van der Waals surface area contributed by atoms with E-state index in [1.165, 1.54) is 16.3 Å². The van der Waals surface area contributed by atoms with Gasteiger partial charge >= 0.3 is 0 Å². The van der Waals surface area contributed by atoms with Gasteiger partial charge in [-0.25, -0.2) is 15.0 Å². The van der Waals surface area contributed by atoms with Crippen molar-refractivity contribution in [3.63, 3.8) is 0 Å². The number of nitrogens with zero attached hydrogens (tertiary/aromatic N) is 4. The van der Waals surface area contributed by atoms with Gasteiger partial charge in [-0.2, -0.15) is 0 Å². The molecular weight excluding hydrogens is 701 g/mol. The fourth-order valence-electron chi connectivity index (χ4n) is 8.41. The summed E-state index contributed by atoms with van der Waals surface area (Å²) in [5, 5.41) is 6.69. The van der Waals surface area contributed by atoms with E-state index >= 15 is 0 Å². The van der Waals surface area contributed by atoms with Gasteiger partial charge in [0.15, 0.2) is 17.5 Å². The molecule has 0 unspecified atom stereocenters. The first kappa shape index (κ1) is 31.5. The van der Waals surface area contributed by atoms with Gasteiger partial charge in [0.1, 0.15) is 22.3 Å². The predicted octanol–water partition coefficient (Wildman–Crippen LogP) is 13.4. The summed E-state index contributed by atoms with van der Waals surface area (Å²) in [5.74, 6) is 1.72. The van der Waals surface area contributed by atoms with E-state index in [2.05, 4.69) is 120 Å². The Balaban J connectivity index is 1.01. The van der Waals surface area contributed by atoms with Crippen LogP contribution in [0.25, 0.3) is 117 Å². The lowest BCUT2D eigenvalue weighted by molar-refractivity contribution is 0.668. The molecule has 0 saturated carbocycles. The average molecular weight is 731 g/mol. The van der Waals surface area contributed by atoms with Crippen molar-refractivity contribution in [1.82, 2.24) is 19.5 Å². The first-order chi connectivity index (χ1) is 28.2. The number of hydrogen-bond donors (Lipinski definition) is 0. The zero-order chi connectivity index (χ0) is 37.5. The van der Waals surface area contributed by atoms with Crippen LogP contribution in [0.15, 0.2) is 191 Å². The molecule has 4 heterocycles. The van der Waals surface area contributed by atoms with Gasteiger partial charge in [-0.1, -0.05) is 121 Å². The highest BCUT2D eigenvalue weighted by Gasteiger charge is 2.19. The van der Waals surface area contributed by atoms with Crippen LogP contribution < -0.4 is 0 Å². The maximum Gasteiger partial charge on any atom is 0.164 e. The van der Waals surface area contributed by atoms with E-state index in [0.717, 1.165) is 82.9 Å². The van der Waals surface area contributed by atoms with Crippen LogP contribution >= 0.6 is 0 Å². The molecule has 0 N–H and O–H groups in total.